The number of allylic oxidation sites excluding steroid dienone is 1. The summed E-state index contributed by atoms with van der Waals surface area (Å²) in [5, 5.41) is 0. The number of rotatable bonds is 5. The number of esters is 1. The largest absolute Gasteiger partial charge is 0.466 e. The normalized spacial score (nSPS) is 10.5. The van der Waals surface area contributed by atoms with Crippen molar-refractivity contribution < 1.29 is 14.3 Å². The molecule has 0 amide bonds. The number of ether oxygens (including phenoxy) is 1. The van der Waals surface area contributed by atoms with Crippen molar-refractivity contribution in [2.75, 3.05) is 7.11 Å². The fourth-order valence-corrected chi connectivity index (χ4v) is 1.93. The molecule has 0 aliphatic carbocycles. The van der Waals surface area contributed by atoms with Gasteiger partial charge in [-0.3, -0.25) is 4.79 Å². The van der Waals surface area contributed by atoms with Gasteiger partial charge in [0.1, 0.15) is 0 Å². The average molecular weight is 280 g/mol. The van der Waals surface area contributed by atoms with E-state index in [4.69, 9.17) is 0 Å². The average Bonchev–Trinajstić information content (AvgIpc) is 2.54. The molecule has 0 atom stereocenters. The maximum atomic E-state index is 11.8. The molecule has 2 rings (SSSR count). The third kappa shape index (κ3) is 4.42. The van der Waals surface area contributed by atoms with Crippen LogP contribution in [0.3, 0.4) is 0 Å². The van der Waals surface area contributed by atoms with E-state index in [9.17, 15) is 9.59 Å². The van der Waals surface area contributed by atoms with Gasteiger partial charge in [-0.15, -0.1) is 0 Å². The molecule has 106 valence electrons. The highest BCUT2D eigenvalue weighted by molar-refractivity contribution is 6.06. The molecular formula is C18H16O3. The second kappa shape index (κ2) is 7.20. The van der Waals surface area contributed by atoms with Gasteiger partial charge in [-0.2, -0.15) is 0 Å². The van der Waals surface area contributed by atoms with Crippen LogP contribution in [0.5, 0.6) is 0 Å². The van der Waals surface area contributed by atoms with Crippen LogP contribution in [0.1, 0.15) is 21.5 Å². The van der Waals surface area contributed by atoms with E-state index in [1.807, 2.05) is 30.3 Å². The van der Waals surface area contributed by atoms with E-state index in [0.717, 1.165) is 18.1 Å². The predicted molar refractivity (Wildman–Crippen MR) is 81.2 cm³/mol. The summed E-state index contributed by atoms with van der Waals surface area (Å²) >= 11 is 0. The van der Waals surface area contributed by atoms with Gasteiger partial charge in [0.05, 0.1) is 7.11 Å². The van der Waals surface area contributed by atoms with Crippen molar-refractivity contribution in [3.63, 3.8) is 0 Å². The molecule has 0 spiro atoms. The number of methoxy groups -OCH3 is 1. The van der Waals surface area contributed by atoms with Gasteiger partial charge in [0.25, 0.3) is 0 Å². The molecule has 2 aromatic carbocycles. The maximum Gasteiger partial charge on any atom is 0.330 e. The second-order valence-corrected chi connectivity index (χ2v) is 4.58. The van der Waals surface area contributed by atoms with Gasteiger partial charge in [-0.25, -0.2) is 4.79 Å². The zero-order chi connectivity index (χ0) is 15.1. The Balaban J connectivity index is 2.03. The number of hydrogen-bond donors (Lipinski definition) is 0. The smallest absolute Gasteiger partial charge is 0.330 e. The Hall–Kier alpha value is -2.68. The summed E-state index contributed by atoms with van der Waals surface area (Å²) in [6, 6.07) is 17.5. The summed E-state index contributed by atoms with van der Waals surface area (Å²) in [4.78, 5) is 22.8. The van der Waals surface area contributed by atoms with Crippen LogP contribution >= 0.6 is 0 Å². The van der Waals surface area contributed by atoms with E-state index < -0.39 is 5.97 Å². The first-order valence-electron chi connectivity index (χ1n) is 6.62. The summed E-state index contributed by atoms with van der Waals surface area (Å²) in [7, 11) is 1.27. The number of benzene rings is 2. The van der Waals surface area contributed by atoms with Gasteiger partial charge in [0.15, 0.2) is 5.78 Å². The lowest BCUT2D eigenvalue weighted by Gasteiger charge is -2.03. The summed E-state index contributed by atoms with van der Waals surface area (Å²) in [6.45, 7) is 0. The zero-order valence-electron chi connectivity index (χ0n) is 11.8. The molecule has 0 aromatic heterocycles. The van der Waals surface area contributed by atoms with Gasteiger partial charge in [0, 0.05) is 11.6 Å². The third-order valence-electron chi connectivity index (χ3n) is 3.06. The lowest BCUT2D eigenvalue weighted by molar-refractivity contribution is -0.134. The number of carbonyl (C=O) groups excluding carboxylic acids is 2. The van der Waals surface area contributed by atoms with Crippen LogP contribution in [0, 0.1) is 0 Å². The van der Waals surface area contributed by atoms with Gasteiger partial charge >= 0.3 is 5.97 Å². The molecule has 3 nitrogen and oxygen atoms in total. The maximum absolute atomic E-state index is 11.8. The van der Waals surface area contributed by atoms with E-state index >= 15 is 0 Å². The Bertz CT molecular complexity index is 640. The van der Waals surface area contributed by atoms with Crippen molar-refractivity contribution >= 4 is 11.8 Å². The highest BCUT2D eigenvalue weighted by Crippen LogP contribution is 2.11. The minimum absolute atomic E-state index is 0.216. The fourth-order valence-electron chi connectivity index (χ4n) is 1.93. The van der Waals surface area contributed by atoms with Crippen molar-refractivity contribution in [1.82, 2.24) is 0 Å². The van der Waals surface area contributed by atoms with E-state index in [-0.39, 0.29) is 5.78 Å². The molecule has 2 aromatic rings. The van der Waals surface area contributed by atoms with E-state index in [1.165, 1.54) is 18.7 Å². The molecule has 0 aliphatic rings. The van der Waals surface area contributed by atoms with Crippen LogP contribution < -0.4 is 0 Å². The molecule has 0 fully saturated rings. The molecule has 0 saturated carbocycles. The zero-order valence-corrected chi connectivity index (χ0v) is 11.8. The third-order valence-corrected chi connectivity index (χ3v) is 3.06. The highest BCUT2D eigenvalue weighted by atomic mass is 16.5. The molecule has 0 N–H and O–H groups in total. The first-order chi connectivity index (χ1) is 10.2. The van der Waals surface area contributed by atoms with Crippen molar-refractivity contribution in [2.45, 2.75) is 6.42 Å². The van der Waals surface area contributed by atoms with Crippen LogP contribution in [0.4, 0.5) is 0 Å². The molecule has 0 unspecified atom stereocenters. The molecule has 0 saturated heterocycles. The Labute approximate surface area is 123 Å². The number of ketones is 1. The minimum atomic E-state index is -0.538. The minimum Gasteiger partial charge on any atom is -0.466 e. The van der Waals surface area contributed by atoms with Crippen LogP contribution in [-0.4, -0.2) is 18.9 Å². The highest BCUT2D eigenvalue weighted by Gasteiger charge is 2.03. The number of carbonyl (C=O) groups is 2. The molecule has 3 heteroatoms. The van der Waals surface area contributed by atoms with Gasteiger partial charge in [-0.1, -0.05) is 54.6 Å². The predicted octanol–water partition coefficient (Wildman–Crippen LogP) is 3.19. The van der Waals surface area contributed by atoms with Gasteiger partial charge < -0.3 is 4.74 Å². The first kappa shape index (κ1) is 14.7. The number of hydrogen-bond acceptors (Lipinski definition) is 3. The van der Waals surface area contributed by atoms with Crippen LogP contribution in [-0.2, 0) is 16.0 Å². The molecule has 0 radical (unpaired) electrons. The SMILES string of the molecule is COC(=O)/C=C/C(=O)c1ccc(Cc2ccccc2)cc1. The van der Waals surface area contributed by atoms with Gasteiger partial charge in [-0.05, 0) is 23.6 Å². The Morgan fingerprint density at radius 3 is 2.14 bits per heavy atom. The Kier molecular flexibility index (Phi) is 5.04. The topological polar surface area (TPSA) is 43.4 Å². The van der Waals surface area contributed by atoms with Crippen LogP contribution in [0.2, 0.25) is 0 Å². The Morgan fingerprint density at radius 1 is 0.905 bits per heavy atom. The quantitative estimate of drug-likeness (QED) is 0.480. The molecule has 21 heavy (non-hydrogen) atoms. The van der Waals surface area contributed by atoms with Gasteiger partial charge in [0.2, 0.25) is 0 Å². The molecular weight excluding hydrogens is 264 g/mol. The fraction of sp³-hybridized carbons (Fsp3) is 0.111. The summed E-state index contributed by atoms with van der Waals surface area (Å²) in [6.07, 6.45) is 3.17. The van der Waals surface area contributed by atoms with Crippen LogP contribution in [0.25, 0.3) is 0 Å². The summed E-state index contributed by atoms with van der Waals surface area (Å²) in [5.41, 5.74) is 2.91. The van der Waals surface area contributed by atoms with Crippen molar-refractivity contribution in [2.24, 2.45) is 0 Å². The lowest BCUT2D eigenvalue weighted by Crippen LogP contribution is -1.99. The Morgan fingerprint density at radius 2 is 1.52 bits per heavy atom. The van der Waals surface area contributed by atoms with Crippen molar-refractivity contribution in [1.29, 1.82) is 0 Å². The molecule has 0 heterocycles. The van der Waals surface area contributed by atoms with E-state index in [1.54, 1.807) is 12.1 Å². The van der Waals surface area contributed by atoms with E-state index in [0.29, 0.717) is 5.56 Å². The van der Waals surface area contributed by atoms with Crippen molar-refractivity contribution in [3.8, 4) is 0 Å². The molecule has 0 aliphatic heterocycles. The standard InChI is InChI=1S/C18H16O3/c1-21-18(20)12-11-17(19)16-9-7-15(8-10-16)13-14-5-3-2-4-6-14/h2-12H,13H2,1H3/b12-11+. The summed E-state index contributed by atoms with van der Waals surface area (Å²) in [5.74, 6) is -0.754. The summed E-state index contributed by atoms with van der Waals surface area (Å²) < 4.78 is 4.44. The lowest BCUT2D eigenvalue weighted by atomic mass is 10.0. The first-order valence-corrected chi connectivity index (χ1v) is 6.62. The monoisotopic (exact) mass is 280 g/mol. The van der Waals surface area contributed by atoms with Crippen molar-refractivity contribution in [3.05, 3.63) is 83.4 Å². The van der Waals surface area contributed by atoms with Crippen LogP contribution in [0.15, 0.2) is 66.7 Å². The second-order valence-electron chi connectivity index (χ2n) is 4.58. The molecule has 0 bridgehead atoms. The van der Waals surface area contributed by atoms with E-state index in [2.05, 4.69) is 16.9 Å².